The van der Waals surface area contributed by atoms with Crippen molar-refractivity contribution < 1.29 is 28.6 Å². The van der Waals surface area contributed by atoms with Gasteiger partial charge in [-0.1, -0.05) is 12.1 Å². The van der Waals surface area contributed by atoms with Crippen molar-refractivity contribution in [1.29, 1.82) is 0 Å². The number of hydrogen-bond acceptors (Lipinski definition) is 2. The third-order valence-electron chi connectivity index (χ3n) is 2.27. The van der Waals surface area contributed by atoms with Gasteiger partial charge in [-0.15, -0.1) is 0 Å². The first-order chi connectivity index (χ1) is 7.93. The number of aromatic carboxylic acids is 1. The van der Waals surface area contributed by atoms with Gasteiger partial charge in [0.1, 0.15) is 0 Å². The highest BCUT2D eigenvalue weighted by atomic mass is 19.3. The molecule has 0 bridgehead atoms. The van der Waals surface area contributed by atoms with Crippen molar-refractivity contribution in [2.45, 2.75) is 19.3 Å². The van der Waals surface area contributed by atoms with Crippen LogP contribution in [0.25, 0.3) is 0 Å². The number of halogens is 2. The van der Waals surface area contributed by atoms with E-state index in [1.807, 2.05) is 0 Å². The molecule has 0 saturated heterocycles. The van der Waals surface area contributed by atoms with Gasteiger partial charge >= 0.3 is 11.9 Å². The molecule has 0 aliphatic rings. The monoisotopic (exact) mass is 244 g/mol. The Bertz CT molecular complexity index is 443. The van der Waals surface area contributed by atoms with Crippen LogP contribution in [0.3, 0.4) is 0 Å². The number of hydrogen-bond donors (Lipinski definition) is 2. The molecule has 0 fully saturated rings. The molecule has 1 aromatic carbocycles. The van der Waals surface area contributed by atoms with Crippen molar-refractivity contribution in [2.75, 3.05) is 0 Å². The number of carbonyl (C=O) groups is 2. The van der Waals surface area contributed by atoms with Crippen molar-refractivity contribution >= 4 is 11.9 Å². The zero-order chi connectivity index (χ0) is 13.0. The molecule has 1 aromatic rings. The first kappa shape index (κ1) is 13.1. The lowest BCUT2D eigenvalue weighted by Crippen LogP contribution is -2.08. The van der Waals surface area contributed by atoms with Gasteiger partial charge in [0.2, 0.25) is 0 Å². The van der Waals surface area contributed by atoms with E-state index in [1.54, 1.807) is 0 Å². The molecule has 4 nitrogen and oxygen atoms in total. The second-order valence-corrected chi connectivity index (χ2v) is 3.37. The van der Waals surface area contributed by atoms with Crippen molar-refractivity contribution in [3.8, 4) is 0 Å². The second kappa shape index (κ2) is 5.38. The Kier molecular flexibility index (Phi) is 4.14. The van der Waals surface area contributed by atoms with Gasteiger partial charge in [0.25, 0.3) is 6.43 Å². The van der Waals surface area contributed by atoms with Gasteiger partial charge in [0.05, 0.1) is 5.56 Å². The molecule has 0 aromatic heterocycles. The Hall–Kier alpha value is -1.98. The van der Waals surface area contributed by atoms with Gasteiger partial charge < -0.3 is 10.2 Å². The molecule has 1 rings (SSSR count). The van der Waals surface area contributed by atoms with Crippen LogP contribution in [0, 0.1) is 0 Å². The van der Waals surface area contributed by atoms with E-state index in [2.05, 4.69) is 0 Å². The number of aliphatic carboxylic acids is 1. The molecule has 0 unspecified atom stereocenters. The lowest BCUT2D eigenvalue weighted by atomic mass is 9.97. The van der Waals surface area contributed by atoms with E-state index in [4.69, 9.17) is 10.2 Å². The highest BCUT2D eigenvalue weighted by molar-refractivity contribution is 5.90. The molecule has 0 saturated carbocycles. The normalized spacial score (nSPS) is 10.5. The zero-order valence-electron chi connectivity index (χ0n) is 8.69. The molecule has 0 radical (unpaired) electrons. The zero-order valence-corrected chi connectivity index (χ0v) is 8.69. The Morgan fingerprint density at radius 1 is 1.24 bits per heavy atom. The molecule has 2 N–H and O–H groups in total. The van der Waals surface area contributed by atoms with Crippen molar-refractivity contribution in [3.05, 3.63) is 34.9 Å². The second-order valence-electron chi connectivity index (χ2n) is 3.37. The van der Waals surface area contributed by atoms with Crippen molar-refractivity contribution in [3.63, 3.8) is 0 Å². The summed E-state index contributed by atoms with van der Waals surface area (Å²) in [4.78, 5) is 21.2. The van der Waals surface area contributed by atoms with E-state index in [0.29, 0.717) is 0 Å². The van der Waals surface area contributed by atoms with Gasteiger partial charge in [0.15, 0.2) is 0 Å². The smallest absolute Gasteiger partial charge is 0.335 e. The van der Waals surface area contributed by atoms with Crippen LogP contribution in [0.5, 0.6) is 0 Å². The van der Waals surface area contributed by atoms with Crippen LogP contribution in [-0.2, 0) is 11.2 Å². The molecule has 0 aliphatic carbocycles. The fourth-order valence-corrected chi connectivity index (χ4v) is 1.52. The fourth-order valence-electron chi connectivity index (χ4n) is 1.52. The molecule has 17 heavy (non-hydrogen) atoms. The molecule has 0 amide bonds. The van der Waals surface area contributed by atoms with Crippen LogP contribution in [-0.4, -0.2) is 22.2 Å². The maximum absolute atomic E-state index is 12.7. The number of rotatable bonds is 5. The minimum atomic E-state index is -2.82. The highest BCUT2D eigenvalue weighted by Gasteiger charge is 2.19. The van der Waals surface area contributed by atoms with Crippen molar-refractivity contribution in [1.82, 2.24) is 0 Å². The fraction of sp³-hybridized carbons (Fsp3) is 0.273. The number of benzene rings is 1. The minimum absolute atomic E-state index is 0.114. The summed E-state index contributed by atoms with van der Waals surface area (Å²) < 4.78 is 25.3. The van der Waals surface area contributed by atoms with E-state index >= 15 is 0 Å². The number of carboxylic acid groups (broad SMARTS) is 2. The van der Waals surface area contributed by atoms with E-state index in [9.17, 15) is 18.4 Å². The minimum Gasteiger partial charge on any atom is -0.481 e. The quantitative estimate of drug-likeness (QED) is 0.833. The standard InChI is InChI=1S/C11H10F2O4/c12-10(13)7-2-1-3-8(11(16)17)6(7)4-5-9(14)15/h1-3,10H,4-5H2,(H,14,15)(H,16,17). The maximum Gasteiger partial charge on any atom is 0.335 e. The van der Waals surface area contributed by atoms with Gasteiger partial charge in [-0.05, 0) is 18.1 Å². The van der Waals surface area contributed by atoms with Crippen LogP contribution in [0.2, 0.25) is 0 Å². The summed E-state index contributed by atoms with van der Waals surface area (Å²) in [5, 5.41) is 17.3. The van der Waals surface area contributed by atoms with Gasteiger partial charge in [-0.3, -0.25) is 4.79 Å². The van der Waals surface area contributed by atoms with E-state index in [-0.39, 0.29) is 24.0 Å². The molecular weight excluding hydrogens is 234 g/mol. The SMILES string of the molecule is O=C(O)CCc1c(C(=O)O)cccc1C(F)F. The van der Waals surface area contributed by atoms with Crippen LogP contribution in [0.1, 0.15) is 34.3 Å². The topological polar surface area (TPSA) is 74.6 Å². The third kappa shape index (κ3) is 3.24. The van der Waals surface area contributed by atoms with Crippen LogP contribution in [0.15, 0.2) is 18.2 Å². The predicted octanol–water partition coefficient (Wildman–Crippen LogP) is 2.34. The summed E-state index contributed by atoms with van der Waals surface area (Å²) in [6, 6.07) is 3.51. The first-order valence-corrected chi connectivity index (χ1v) is 4.78. The summed E-state index contributed by atoms with van der Waals surface area (Å²) in [7, 11) is 0. The molecular formula is C11H10F2O4. The van der Waals surface area contributed by atoms with Gasteiger partial charge in [-0.2, -0.15) is 0 Å². The molecule has 0 atom stereocenters. The van der Waals surface area contributed by atoms with E-state index < -0.39 is 23.9 Å². The summed E-state index contributed by atoms with van der Waals surface area (Å²) in [5.41, 5.74) is -0.812. The lowest BCUT2D eigenvalue weighted by molar-refractivity contribution is -0.136. The van der Waals surface area contributed by atoms with Gasteiger partial charge in [-0.25, -0.2) is 13.6 Å². The molecule has 0 heterocycles. The van der Waals surface area contributed by atoms with Gasteiger partial charge in [0, 0.05) is 12.0 Å². The molecule has 92 valence electrons. The van der Waals surface area contributed by atoms with E-state index in [0.717, 1.165) is 6.07 Å². The molecule has 6 heteroatoms. The Balaban J connectivity index is 3.18. The van der Waals surface area contributed by atoms with E-state index in [1.165, 1.54) is 12.1 Å². The van der Waals surface area contributed by atoms with Crippen LogP contribution >= 0.6 is 0 Å². The number of carboxylic acids is 2. The summed E-state index contributed by atoms with van der Waals surface area (Å²) in [6.07, 6.45) is -3.43. The third-order valence-corrected chi connectivity index (χ3v) is 2.27. The van der Waals surface area contributed by atoms with Crippen molar-refractivity contribution in [2.24, 2.45) is 0 Å². The molecule has 0 aliphatic heterocycles. The Morgan fingerprint density at radius 3 is 2.35 bits per heavy atom. The first-order valence-electron chi connectivity index (χ1n) is 4.78. The lowest BCUT2D eigenvalue weighted by Gasteiger charge is -2.10. The average Bonchev–Trinajstić information content (AvgIpc) is 2.25. The summed E-state index contributed by atoms with van der Waals surface area (Å²) >= 11 is 0. The predicted molar refractivity (Wildman–Crippen MR) is 54.3 cm³/mol. The molecule has 0 spiro atoms. The Morgan fingerprint density at radius 2 is 1.88 bits per heavy atom. The highest BCUT2D eigenvalue weighted by Crippen LogP contribution is 2.26. The maximum atomic E-state index is 12.7. The summed E-state index contributed by atoms with van der Waals surface area (Å²) in [5.74, 6) is -2.50. The average molecular weight is 244 g/mol. The largest absolute Gasteiger partial charge is 0.481 e. The van der Waals surface area contributed by atoms with Crippen LogP contribution < -0.4 is 0 Å². The summed E-state index contributed by atoms with van der Waals surface area (Å²) in [6.45, 7) is 0. The number of alkyl halides is 2. The van der Waals surface area contributed by atoms with Crippen LogP contribution in [0.4, 0.5) is 8.78 Å². The Labute approximate surface area is 95.5 Å².